The minimum Gasteiger partial charge on any atom is -0.495 e. The number of nitrogens with one attached hydrogen (secondary N) is 3. The molecule has 39 heavy (non-hydrogen) atoms. The average molecular weight is 580 g/mol. The molecule has 0 aliphatic rings. The quantitative estimate of drug-likeness (QED) is 0.114. The minimum atomic E-state index is -0.176. The van der Waals surface area contributed by atoms with Gasteiger partial charge in [0.2, 0.25) is 11.0 Å². The third-order valence-corrected chi connectivity index (χ3v) is 8.33. The van der Waals surface area contributed by atoms with Crippen LogP contribution in [0.5, 0.6) is 5.75 Å². The van der Waals surface area contributed by atoms with E-state index in [1.54, 1.807) is 7.11 Å². The van der Waals surface area contributed by atoms with Crippen LogP contribution in [0.1, 0.15) is 95.7 Å². The van der Waals surface area contributed by atoms with Gasteiger partial charge in [-0.3, -0.25) is 20.4 Å². The van der Waals surface area contributed by atoms with Gasteiger partial charge in [-0.15, -0.1) is 0 Å². The first-order valence-corrected chi connectivity index (χ1v) is 15.4. The number of aldehydes is 1. The summed E-state index contributed by atoms with van der Waals surface area (Å²) in [6, 6.07) is 3.88. The summed E-state index contributed by atoms with van der Waals surface area (Å²) >= 11 is 7.15. The number of carbonyl (C=O) groups is 2. The lowest BCUT2D eigenvalue weighted by molar-refractivity contribution is -0.114. The van der Waals surface area contributed by atoms with Gasteiger partial charge in [0, 0.05) is 26.1 Å². The number of hydrogen-bond acceptors (Lipinski definition) is 8. The molecule has 1 heterocycles. The maximum atomic E-state index is 12.2. The molecule has 0 aliphatic heterocycles. The Kier molecular flexibility index (Phi) is 14.4. The highest BCUT2D eigenvalue weighted by atomic mass is 35.5. The molecule has 10 heteroatoms. The molecule has 2 unspecified atom stereocenters. The minimum absolute atomic E-state index is 0.145. The zero-order chi connectivity index (χ0) is 28.8. The Labute approximate surface area is 243 Å². The van der Waals surface area contributed by atoms with Crippen molar-refractivity contribution >= 4 is 57.3 Å². The fraction of sp³-hybridized carbons (Fsp3) is 0.621. The van der Waals surface area contributed by atoms with Crippen molar-refractivity contribution in [3.63, 3.8) is 0 Å². The molecule has 0 bridgehead atoms. The van der Waals surface area contributed by atoms with E-state index >= 15 is 0 Å². The number of aromatic nitrogens is 1. The van der Waals surface area contributed by atoms with Crippen LogP contribution in [-0.4, -0.2) is 37.4 Å². The number of rotatable bonds is 19. The van der Waals surface area contributed by atoms with Crippen LogP contribution >= 0.6 is 22.9 Å². The maximum absolute atomic E-state index is 12.2. The highest BCUT2D eigenvalue weighted by molar-refractivity contribution is 7.17. The lowest BCUT2D eigenvalue weighted by atomic mass is 9.95. The van der Waals surface area contributed by atoms with Crippen LogP contribution in [0.3, 0.4) is 0 Å². The molecule has 0 radical (unpaired) electrons. The number of methoxy groups -OCH3 is 1. The standard InChI is InChI=1S/C29H46ClN5O3S/c1-7-11-13-21(9-3)17-35(18-22(10-4)14-12-8-2)25-15-23(31-20(5)37)24(16-26(25)38-6)33-34-29-32-28(30)27(19-36)39-29/h15-16,19,21-22,33H,7-14,17-18H2,1-6H3,(H,31,37)(H,32,34). The molecule has 0 saturated heterocycles. The number of unbranched alkanes of at least 4 members (excludes halogenated alkanes) is 2. The number of carbonyl (C=O) groups excluding carboxylic acids is 2. The van der Waals surface area contributed by atoms with Crippen LogP contribution in [0.4, 0.5) is 22.2 Å². The van der Waals surface area contributed by atoms with E-state index in [4.69, 9.17) is 16.3 Å². The Balaban J connectivity index is 2.48. The number of nitrogens with zero attached hydrogens (tertiary/aromatic N) is 2. The number of hydrogen-bond donors (Lipinski definition) is 3. The predicted octanol–water partition coefficient (Wildman–Crippen LogP) is 8.25. The van der Waals surface area contributed by atoms with Gasteiger partial charge < -0.3 is 15.0 Å². The SMILES string of the molecule is CCCCC(CC)CN(CC(CC)CCCC)c1cc(NC(C)=O)c(NNc2nc(Cl)c(C=O)s2)cc1OC. The second-order valence-corrected chi connectivity index (χ2v) is 11.4. The Hall–Kier alpha value is -2.52. The Morgan fingerprint density at radius 1 is 1.05 bits per heavy atom. The second-order valence-electron chi connectivity index (χ2n) is 10.0. The molecule has 0 spiro atoms. The van der Waals surface area contributed by atoms with Gasteiger partial charge in [0.05, 0.1) is 24.2 Å². The third-order valence-electron chi connectivity index (χ3n) is 7.03. The van der Waals surface area contributed by atoms with Crippen LogP contribution in [0, 0.1) is 11.8 Å². The van der Waals surface area contributed by atoms with Crippen molar-refractivity contribution < 1.29 is 14.3 Å². The van der Waals surface area contributed by atoms with E-state index in [-0.39, 0.29) is 11.1 Å². The first-order valence-electron chi connectivity index (χ1n) is 14.2. The van der Waals surface area contributed by atoms with Crippen molar-refractivity contribution in [1.29, 1.82) is 0 Å². The largest absolute Gasteiger partial charge is 0.495 e. The molecule has 0 fully saturated rings. The van der Waals surface area contributed by atoms with Crippen molar-refractivity contribution in [2.24, 2.45) is 11.8 Å². The van der Waals surface area contributed by atoms with Crippen LogP contribution in [0.15, 0.2) is 12.1 Å². The summed E-state index contributed by atoms with van der Waals surface area (Å²) in [5.74, 6) is 1.69. The van der Waals surface area contributed by atoms with E-state index in [0.717, 1.165) is 48.7 Å². The normalized spacial score (nSPS) is 12.5. The summed E-state index contributed by atoms with van der Waals surface area (Å²) in [5, 5.41) is 3.54. The highest BCUT2D eigenvalue weighted by Crippen LogP contribution is 2.39. The number of anilines is 4. The number of benzene rings is 1. The van der Waals surface area contributed by atoms with E-state index in [2.05, 4.69) is 53.7 Å². The molecule has 1 aromatic heterocycles. The molecule has 1 amide bonds. The average Bonchev–Trinajstić information content (AvgIpc) is 3.30. The molecule has 1 aromatic carbocycles. The summed E-state index contributed by atoms with van der Waals surface area (Å²) in [7, 11) is 1.67. The number of halogens is 1. The van der Waals surface area contributed by atoms with Crippen LogP contribution in [0.25, 0.3) is 0 Å². The second kappa shape index (κ2) is 17.2. The van der Waals surface area contributed by atoms with Gasteiger partial charge >= 0.3 is 0 Å². The highest BCUT2D eigenvalue weighted by Gasteiger charge is 2.22. The predicted molar refractivity (Wildman–Crippen MR) is 166 cm³/mol. The first kappa shape index (κ1) is 32.7. The van der Waals surface area contributed by atoms with Gasteiger partial charge in [-0.1, -0.05) is 89.2 Å². The van der Waals surface area contributed by atoms with Gasteiger partial charge in [0.15, 0.2) is 11.4 Å². The molecule has 0 saturated carbocycles. The van der Waals surface area contributed by atoms with E-state index < -0.39 is 0 Å². The van der Waals surface area contributed by atoms with E-state index in [9.17, 15) is 9.59 Å². The molecule has 3 N–H and O–H groups in total. The van der Waals surface area contributed by atoms with Crippen LogP contribution in [-0.2, 0) is 4.79 Å². The summed E-state index contributed by atoms with van der Waals surface area (Å²) in [6.07, 6.45) is 10.1. The summed E-state index contributed by atoms with van der Waals surface area (Å²) in [5.41, 5.74) is 8.31. The smallest absolute Gasteiger partial charge is 0.221 e. The van der Waals surface area contributed by atoms with Gasteiger partial charge in [0.25, 0.3) is 0 Å². The van der Waals surface area contributed by atoms with E-state index in [0.29, 0.717) is 39.5 Å². The third kappa shape index (κ3) is 10.2. The molecular formula is C29H46ClN5O3S. The van der Waals surface area contributed by atoms with Gasteiger partial charge in [0.1, 0.15) is 10.6 Å². The van der Waals surface area contributed by atoms with Crippen molar-refractivity contribution in [2.75, 3.05) is 41.3 Å². The van der Waals surface area contributed by atoms with Crippen molar-refractivity contribution in [3.05, 3.63) is 22.2 Å². The molecular weight excluding hydrogens is 534 g/mol. The zero-order valence-electron chi connectivity index (χ0n) is 24.4. The molecule has 218 valence electrons. The monoisotopic (exact) mass is 579 g/mol. The van der Waals surface area contributed by atoms with Gasteiger partial charge in [-0.05, 0) is 30.7 Å². The van der Waals surface area contributed by atoms with Crippen LogP contribution in [0.2, 0.25) is 5.15 Å². The van der Waals surface area contributed by atoms with E-state index in [1.165, 1.54) is 45.4 Å². The lowest BCUT2D eigenvalue weighted by Crippen LogP contribution is -2.34. The summed E-state index contributed by atoms with van der Waals surface area (Å²) in [4.78, 5) is 30.3. The van der Waals surface area contributed by atoms with Gasteiger partial charge in [-0.2, -0.15) is 0 Å². The number of thiazole rings is 1. The van der Waals surface area contributed by atoms with Crippen molar-refractivity contribution in [3.8, 4) is 5.75 Å². The fourth-order valence-electron chi connectivity index (χ4n) is 4.66. The lowest BCUT2D eigenvalue weighted by Gasteiger charge is -2.34. The molecule has 2 atom stereocenters. The molecule has 0 aliphatic carbocycles. The fourth-order valence-corrected chi connectivity index (χ4v) is 5.59. The summed E-state index contributed by atoms with van der Waals surface area (Å²) in [6.45, 7) is 12.4. The maximum Gasteiger partial charge on any atom is 0.221 e. The van der Waals surface area contributed by atoms with E-state index in [1.807, 2.05) is 12.1 Å². The summed E-state index contributed by atoms with van der Waals surface area (Å²) < 4.78 is 5.91. The Bertz CT molecular complexity index is 1030. The molecule has 2 aromatic rings. The zero-order valence-corrected chi connectivity index (χ0v) is 25.9. The number of amides is 1. The first-order chi connectivity index (χ1) is 18.8. The van der Waals surface area contributed by atoms with Crippen molar-refractivity contribution in [2.45, 2.75) is 86.0 Å². The Morgan fingerprint density at radius 2 is 1.67 bits per heavy atom. The van der Waals surface area contributed by atoms with Crippen LogP contribution < -0.4 is 25.8 Å². The molecule has 8 nitrogen and oxygen atoms in total. The Morgan fingerprint density at radius 3 is 2.13 bits per heavy atom. The van der Waals surface area contributed by atoms with Gasteiger partial charge in [-0.25, -0.2) is 4.98 Å². The molecule has 2 rings (SSSR count). The number of hydrazine groups is 1. The topological polar surface area (TPSA) is 95.6 Å². The van der Waals surface area contributed by atoms with Crippen molar-refractivity contribution in [1.82, 2.24) is 4.98 Å². The number of ether oxygens (including phenoxy) is 1.